The van der Waals surface area contributed by atoms with Gasteiger partial charge in [-0.05, 0) is 12.1 Å². The number of benzene rings is 1. The normalized spacial score (nSPS) is 11.7. The highest BCUT2D eigenvalue weighted by Gasteiger charge is 2.14. The summed E-state index contributed by atoms with van der Waals surface area (Å²) in [5, 5.41) is 2.97. The van der Waals surface area contributed by atoms with E-state index in [1.54, 1.807) is 21.6 Å². The van der Waals surface area contributed by atoms with Crippen LogP contribution in [-0.4, -0.2) is 10.7 Å². The fourth-order valence-corrected chi connectivity index (χ4v) is 3.23. The zero-order valence-electron chi connectivity index (χ0n) is 11.6. The molecule has 0 saturated carbocycles. The van der Waals surface area contributed by atoms with Crippen molar-refractivity contribution < 1.29 is 4.79 Å². The third-order valence-electron chi connectivity index (χ3n) is 2.05. The van der Waals surface area contributed by atoms with Crippen molar-refractivity contribution in [1.29, 1.82) is 0 Å². The van der Waals surface area contributed by atoms with Crippen molar-refractivity contribution in [3.8, 4) is 0 Å². The lowest BCUT2D eigenvalue weighted by Crippen LogP contribution is -2.18. The van der Waals surface area contributed by atoms with Crippen LogP contribution in [0.5, 0.6) is 0 Å². The number of carbonyl (C=O) groups is 1. The Bertz CT molecular complexity index is 411. The van der Waals surface area contributed by atoms with Crippen molar-refractivity contribution in [2.24, 2.45) is 5.92 Å². The van der Waals surface area contributed by atoms with Crippen molar-refractivity contribution in [2.75, 3.05) is 5.32 Å². The van der Waals surface area contributed by atoms with E-state index < -0.39 is 0 Å². The quantitative estimate of drug-likeness (QED) is 0.803. The smallest absolute Gasteiger partial charge is 0.226 e. The van der Waals surface area contributed by atoms with Crippen LogP contribution in [0.15, 0.2) is 29.2 Å². The van der Waals surface area contributed by atoms with Crippen LogP contribution in [0.3, 0.4) is 0 Å². The minimum absolute atomic E-state index is 0.00155. The maximum atomic E-state index is 11.7. The Kier molecular flexibility index (Phi) is 5.60. The predicted octanol–water partition coefficient (Wildman–Crippen LogP) is 4.82. The number of nitrogens with one attached hydrogen (secondary N) is 1. The van der Waals surface area contributed by atoms with E-state index in [4.69, 9.17) is 0 Å². The number of para-hydroxylation sites is 1. The molecule has 0 bridgehead atoms. The standard InChI is InChI=1S/C14H21NOS2/c1-10(2)13(16)15-11-8-6-7-9-12(11)17-18-14(3,4)5/h6-10H,1-5H3,(H,15,16). The largest absolute Gasteiger partial charge is 0.325 e. The molecule has 0 spiro atoms. The second kappa shape index (κ2) is 6.53. The first-order valence-electron chi connectivity index (χ1n) is 6.05. The van der Waals surface area contributed by atoms with E-state index in [0.717, 1.165) is 10.6 Å². The average Bonchev–Trinajstić information content (AvgIpc) is 2.26. The Hall–Kier alpha value is -0.610. The van der Waals surface area contributed by atoms with Crippen molar-refractivity contribution in [3.05, 3.63) is 24.3 Å². The van der Waals surface area contributed by atoms with Gasteiger partial charge in [-0.2, -0.15) is 0 Å². The van der Waals surface area contributed by atoms with Crippen LogP contribution in [0.25, 0.3) is 0 Å². The minimum atomic E-state index is -0.00155. The van der Waals surface area contributed by atoms with Gasteiger partial charge in [0.15, 0.2) is 0 Å². The van der Waals surface area contributed by atoms with E-state index in [9.17, 15) is 4.79 Å². The first-order valence-corrected chi connectivity index (χ1v) is 8.20. The molecule has 1 N–H and O–H groups in total. The molecular weight excluding hydrogens is 262 g/mol. The molecule has 1 rings (SSSR count). The van der Waals surface area contributed by atoms with E-state index in [0.29, 0.717) is 0 Å². The highest BCUT2D eigenvalue weighted by atomic mass is 33.1. The van der Waals surface area contributed by atoms with Gasteiger partial charge in [0, 0.05) is 15.6 Å². The van der Waals surface area contributed by atoms with E-state index >= 15 is 0 Å². The number of anilines is 1. The van der Waals surface area contributed by atoms with Crippen LogP contribution in [0, 0.1) is 5.92 Å². The molecule has 18 heavy (non-hydrogen) atoms. The fraction of sp³-hybridized carbons (Fsp3) is 0.500. The van der Waals surface area contributed by atoms with E-state index in [1.165, 1.54) is 0 Å². The maximum Gasteiger partial charge on any atom is 0.226 e. The van der Waals surface area contributed by atoms with Crippen LogP contribution in [0.2, 0.25) is 0 Å². The molecule has 0 unspecified atom stereocenters. The monoisotopic (exact) mass is 283 g/mol. The predicted molar refractivity (Wildman–Crippen MR) is 83.1 cm³/mol. The summed E-state index contributed by atoms with van der Waals surface area (Å²) in [6.45, 7) is 10.3. The van der Waals surface area contributed by atoms with Gasteiger partial charge in [0.05, 0.1) is 5.69 Å². The lowest BCUT2D eigenvalue weighted by Gasteiger charge is -2.18. The van der Waals surface area contributed by atoms with Crippen LogP contribution in [0.4, 0.5) is 5.69 Å². The van der Waals surface area contributed by atoms with Gasteiger partial charge < -0.3 is 5.32 Å². The van der Waals surface area contributed by atoms with Crippen molar-refractivity contribution >= 4 is 33.2 Å². The fourth-order valence-electron chi connectivity index (χ4n) is 1.09. The third kappa shape index (κ3) is 5.36. The summed E-state index contributed by atoms with van der Waals surface area (Å²) in [7, 11) is 3.51. The molecular formula is C14H21NOS2. The second-order valence-corrected chi connectivity index (χ2v) is 8.42. The summed E-state index contributed by atoms with van der Waals surface area (Å²) in [6, 6.07) is 7.93. The molecule has 0 aliphatic carbocycles. The molecule has 0 radical (unpaired) electrons. The molecule has 2 nitrogen and oxygen atoms in total. The molecule has 0 aromatic heterocycles. The summed E-state index contributed by atoms with van der Waals surface area (Å²) < 4.78 is 0.194. The highest BCUT2D eigenvalue weighted by Crippen LogP contribution is 2.43. The van der Waals surface area contributed by atoms with Gasteiger partial charge in [-0.15, -0.1) is 0 Å². The minimum Gasteiger partial charge on any atom is -0.325 e. The van der Waals surface area contributed by atoms with Crippen LogP contribution < -0.4 is 5.32 Å². The van der Waals surface area contributed by atoms with E-state index in [1.807, 2.05) is 38.1 Å². The molecule has 0 saturated heterocycles. The van der Waals surface area contributed by atoms with Crippen LogP contribution >= 0.6 is 21.6 Å². The Morgan fingerprint density at radius 2 is 1.83 bits per heavy atom. The number of rotatable bonds is 4. The summed E-state index contributed by atoms with van der Waals surface area (Å²) in [5.74, 6) is 0.0575. The maximum absolute atomic E-state index is 11.7. The second-order valence-electron chi connectivity index (χ2n) is 5.42. The lowest BCUT2D eigenvalue weighted by atomic mass is 10.2. The summed E-state index contributed by atoms with van der Waals surface area (Å²) >= 11 is 0. The van der Waals surface area contributed by atoms with Crippen LogP contribution in [0.1, 0.15) is 34.6 Å². The van der Waals surface area contributed by atoms with E-state index in [-0.39, 0.29) is 16.6 Å². The SMILES string of the molecule is CC(C)C(=O)Nc1ccccc1SSC(C)(C)C. The van der Waals surface area contributed by atoms with Gasteiger partial charge in [-0.25, -0.2) is 0 Å². The third-order valence-corrected chi connectivity index (χ3v) is 5.46. The zero-order valence-corrected chi connectivity index (χ0v) is 13.2. The molecule has 0 aliphatic heterocycles. The number of carbonyl (C=O) groups excluding carboxylic acids is 1. The first-order chi connectivity index (χ1) is 8.29. The highest BCUT2D eigenvalue weighted by molar-refractivity contribution is 8.77. The summed E-state index contributed by atoms with van der Waals surface area (Å²) in [6.07, 6.45) is 0. The number of hydrogen-bond acceptors (Lipinski definition) is 3. The van der Waals surface area contributed by atoms with Gasteiger partial charge in [-0.1, -0.05) is 68.3 Å². The van der Waals surface area contributed by atoms with E-state index in [2.05, 4.69) is 26.1 Å². The molecule has 100 valence electrons. The summed E-state index contributed by atoms with van der Waals surface area (Å²) in [5.41, 5.74) is 0.901. The van der Waals surface area contributed by atoms with Gasteiger partial charge in [0.25, 0.3) is 0 Å². The van der Waals surface area contributed by atoms with Gasteiger partial charge in [0.1, 0.15) is 0 Å². The summed E-state index contributed by atoms with van der Waals surface area (Å²) in [4.78, 5) is 12.8. The molecule has 1 amide bonds. The van der Waals surface area contributed by atoms with Crippen molar-refractivity contribution in [2.45, 2.75) is 44.3 Å². The topological polar surface area (TPSA) is 29.1 Å². The molecule has 1 aromatic rings. The van der Waals surface area contributed by atoms with Crippen LogP contribution in [-0.2, 0) is 4.79 Å². The zero-order chi connectivity index (χ0) is 13.8. The number of amides is 1. The molecule has 0 atom stereocenters. The molecule has 0 heterocycles. The molecule has 0 aliphatic rings. The number of hydrogen-bond donors (Lipinski definition) is 1. The van der Waals surface area contributed by atoms with Gasteiger partial charge in [-0.3, -0.25) is 4.79 Å². The van der Waals surface area contributed by atoms with Crippen molar-refractivity contribution in [3.63, 3.8) is 0 Å². The molecule has 4 heteroatoms. The van der Waals surface area contributed by atoms with Crippen molar-refractivity contribution in [1.82, 2.24) is 0 Å². The molecule has 0 fully saturated rings. The lowest BCUT2D eigenvalue weighted by molar-refractivity contribution is -0.118. The Morgan fingerprint density at radius 3 is 2.39 bits per heavy atom. The Balaban J connectivity index is 2.77. The Morgan fingerprint density at radius 1 is 1.22 bits per heavy atom. The first kappa shape index (κ1) is 15.4. The van der Waals surface area contributed by atoms with Gasteiger partial charge >= 0.3 is 0 Å². The Labute approximate surface area is 118 Å². The van der Waals surface area contributed by atoms with Gasteiger partial charge in [0.2, 0.25) is 5.91 Å². The average molecular weight is 283 g/mol. The molecule has 1 aromatic carbocycles.